The first-order valence-corrected chi connectivity index (χ1v) is 6.83. The fourth-order valence-electron chi connectivity index (χ4n) is 2.19. The number of carbonyl (C=O) groups excluding carboxylic acids is 1. The molecule has 1 amide bonds. The van der Waals surface area contributed by atoms with E-state index in [9.17, 15) is 4.79 Å². The Bertz CT molecular complexity index is 617. The lowest BCUT2D eigenvalue weighted by atomic mass is 10.0. The lowest BCUT2D eigenvalue weighted by molar-refractivity contribution is -0.117. The summed E-state index contributed by atoms with van der Waals surface area (Å²) in [4.78, 5) is 20.6. The number of rotatable bonds is 4. The zero-order valence-electron chi connectivity index (χ0n) is 11.6. The average Bonchev–Trinajstić information content (AvgIpc) is 3.23. The van der Waals surface area contributed by atoms with Gasteiger partial charge in [-0.2, -0.15) is 4.98 Å². The minimum absolute atomic E-state index is 0.137. The number of pyridine rings is 1. The standard InChI is InChI=1S/C15H17N3O2/c1-9(12-4-3-7-16-8-12)14(19)18-15-17-13(10(2)20-15)11-5-6-11/h3-4,7-9,11H,5-6H2,1-2H3,(H,17,18,19). The Morgan fingerprint density at radius 1 is 1.50 bits per heavy atom. The van der Waals surface area contributed by atoms with Gasteiger partial charge in [0.25, 0.3) is 0 Å². The molecule has 1 saturated carbocycles. The summed E-state index contributed by atoms with van der Waals surface area (Å²) >= 11 is 0. The van der Waals surface area contributed by atoms with Gasteiger partial charge in [0.1, 0.15) is 5.76 Å². The van der Waals surface area contributed by atoms with Crippen molar-refractivity contribution in [3.05, 3.63) is 41.5 Å². The number of anilines is 1. The van der Waals surface area contributed by atoms with E-state index in [1.807, 2.05) is 26.0 Å². The van der Waals surface area contributed by atoms with E-state index in [1.165, 1.54) is 0 Å². The summed E-state index contributed by atoms with van der Waals surface area (Å²) in [5, 5.41) is 2.74. The van der Waals surface area contributed by atoms with Crippen molar-refractivity contribution < 1.29 is 9.21 Å². The van der Waals surface area contributed by atoms with E-state index in [0.29, 0.717) is 11.9 Å². The largest absolute Gasteiger partial charge is 0.428 e. The Morgan fingerprint density at radius 2 is 2.30 bits per heavy atom. The van der Waals surface area contributed by atoms with Crippen LogP contribution >= 0.6 is 0 Å². The highest BCUT2D eigenvalue weighted by Gasteiger charge is 2.30. The maximum atomic E-state index is 12.2. The summed E-state index contributed by atoms with van der Waals surface area (Å²) < 4.78 is 5.51. The minimum Gasteiger partial charge on any atom is -0.428 e. The molecule has 5 nitrogen and oxygen atoms in total. The lowest BCUT2D eigenvalue weighted by Gasteiger charge is -2.09. The third kappa shape index (κ3) is 2.57. The predicted octanol–water partition coefficient (Wildman–Crippen LogP) is 3.00. The number of amides is 1. The van der Waals surface area contributed by atoms with Gasteiger partial charge < -0.3 is 4.42 Å². The van der Waals surface area contributed by atoms with Crippen LogP contribution < -0.4 is 5.32 Å². The van der Waals surface area contributed by atoms with Crippen molar-refractivity contribution in [1.82, 2.24) is 9.97 Å². The molecule has 2 aromatic heterocycles. The molecule has 0 spiro atoms. The molecular formula is C15H17N3O2. The number of oxazole rings is 1. The minimum atomic E-state index is -0.291. The number of hydrogen-bond acceptors (Lipinski definition) is 4. The highest BCUT2D eigenvalue weighted by molar-refractivity contribution is 5.93. The number of nitrogens with one attached hydrogen (secondary N) is 1. The van der Waals surface area contributed by atoms with Gasteiger partial charge in [-0.1, -0.05) is 6.07 Å². The first kappa shape index (κ1) is 12.8. The van der Waals surface area contributed by atoms with Gasteiger partial charge in [0.2, 0.25) is 5.91 Å². The van der Waals surface area contributed by atoms with Crippen molar-refractivity contribution in [2.45, 2.75) is 38.5 Å². The maximum Gasteiger partial charge on any atom is 0.301 e. The molecule has 1 fully saturated rings. The second-order valence-corrected chi connectivity index (χ2v) is 5.23. The zero-order valence-corrected chi connectivity index (χ0v) is 11.6. The molecule has 1 aliphatic carbocycles. The van der Waals surface area contributed by atoms with Crippen LogP contribution in [0.4, 0.5) is 6.01 Å². The summed E-state index contributed by atoms with van der Waals surface area (Å²) in [6.45, 7) is 3.73. The molecule has 2 heterocycles. The molecule has 20 heavy (non-hydrogen) atoms. The smallest absolute Gasteiger partial charge is 0.301 e. The zero-order chi connectivity index (χ0) is 14.1. The Kier molecular flexibility index (Phi) is 3.26. The number of carbonyl (C=O) groups is 1. The van der Waals surface area contributed by atoms with Crippen molar-refractivity contribution in [3.63, 3.8) is 0 Å². The van der Waals surface area contributed by atoms with E-state index in [-0.39, 0.29) is 11.8 Å². The van der Waals surface area contributed by atoms with Crippen LogP contribution in [-0.2, 0) is 4.79 Å². The van der Waals surface area contributed by atoms with Gasteiger partial charge >= 0.3 is 6.01 Å². The fourth-order valence-corrected chi connectivity index (χ4v) is 2.19. The molecule has 0 aliphatic heterocycles. The fraction of sp³-hybridized carbons (Fsp3) is 0.400. The Labute approximate surface area is 117 Å². The molecule has 1 atom stereocenters. The highest BCUT2D eigenvalue weighted by Crippen LogP contribution is 2.41. The Morgan fingerprint density at radius 3 is 2.95 bits per heavy atom. The monoisotopic (exact) mass is 271 g/mol. The van der Waals surface area contributed by atoms with Crippen LogP contribution in [0, 0.1) is 6.92 Å². The Balaban J connectivity index is 1.71. The molecule has 0 bridgehead atoms. The summed E-state index contributed by atoms with van der Waals surface area (Å²) in [6.07, 6.45) is 5.70. The second-order valence-electron chi connectivity index (χ2n) is 5.23. The van der Waals surface area contributed by atoms with Crippen molar-refractivity contribution in [3.8, 4) is 0 Å². The molecular weight excluding hydrogens is 254 g/mol. The second kappa shape index (κ2) is 5.07. The van der Waals surface area contributed by atoms with E-state index in [4.69, 9.17) is 4.42 Å². The predicted molar refractivity (Wildman–Crippen MR) is 74.5 cm³/mol. The van der Waals surface area contributed by atoms with Gasteiger partial charge in [-0.05, 0) is 38.3 Å². The molecule has 0 aromatic carbocycles. The van der Waals surface area contributed by atoms with Gasteiger partial charge in [0.05, 0.1) is 11.6 Å². The number of aromatic nitrogens is 2. The van der Waals surface area contributed by atoms with E-state index in [0.717, 1.165) is 29.9 Å². The molecule has 3 rings (SSSR count). The maximum absolute atomic E-state index is 12.2. The SMILES string of the molecule is Cc1oc(NC(=O)C(C)c2cccnc2)nc1C1CC1. The quantitative estimate of drug-likeness (QED) is 0.928. The van der Waals surface area contributed by atoms with Gasteiger partial charge in [-0.15, -0.1) is 0 Å². The van der Waals surface area contributed by atoms with Crippen LogP contribution in [0.2, 0.25) is 0 Å². The van der Waals surface area contributed by atoms with Crippen LogP contribution in [0.3, 0.4) is 0 Å². The number of hydrogen-bond donors (Lipinski definition) is 1. The van der Waals surface area contributed by atoms with E-state index in [1.54, 1.807) is 12.4 Å². The Hall–Kier alpha value is -2.17. The van der Waals surface area contributed by atoms with Crippen LogP contribution in [-0.4, -0.2) is 15.9 Å². The first-order chi connectivity index (χ1) is 9.65. The first-order valence-electron chi connectivity index (χ1n) is 6.83. The number of nitrogens with zero attached hydrogens (tertiary/aromatic N) is 2. The van der Waals surface area contributed by atoms with Crippen LogP contribution in [0.25, 0.3) is 0 Å². The molecule has 1 N–H and O–H groups in total. The third-order valence-electron chi connectivity index (χ3n) is 3.60. The van der Waals surface area contributed by atoms with Gasteiger partial charge in [-0.25, -0.2) is 0 Å². The molecule has 0 radical (unpaired) electrons. The number of aryl methyl sites for hydroxylation is 1. The van der Waals surface area contributed by atoms with Gasteiger partial charge in [0, 0.05) is 18.3 Å². The summed E-state index contributed by atoms with van der Waals surface area (Å²) in [5.41, 5.74) is 1.85. The van der Waals surface area contributed by atoms with E-state index >= 15 is 0 Å². The normalized spacial score (nSPS) is 15.9. The molecule has 104 valence electrons. The highest BCUT2D eigenvalue weighted by atomic mass is 16.4. The van der Waals surface area contributed by atoms with Gasteiger partial charge in [0.15, 0.2) is 0 Å². The van der Waals surface area contributed by atoms with Crippen LogP contribution in [0.1, 0.15) is 48.6 Å². The van der Waals surface area contributed by atoms with Crippen molar-refractivity contribution in [2.75, 3.05) is 5.32 Å². The van der Waals surface area contributed by atoms with E-state index < -0.39 is 0 Å². The average molecular weight is 271 g/mol. The van der Waals surface area contributed by atoms with Crippen molar-refractivity contribution in [2.24, 2.45) is 0 Å². The summed E-state index contributed by atoms with van der Waals surface area (Å²) in [5.74, 6) is 0.888. The summed E-state index contributed by atoms with van der Waals surface area (Å²) in [6, 6.07) is 4.00. The molecule has 1 aliphatic rings. The third-order valence-corrected chi connectivity index (χ3v) is 3.60. The van der Waals surface area contributed by atoms with Gasteiger partial charge in [-0.3, -0.25) is 15.1 Å². The van der Waals surface area contributed by atoms with E-state index in [2.05, 4.69) is 15.3 Å². The molecule has 0 saturated heterocycles. The molecule has 2 aromatic rings. The van der Waals surface area contributed by atoms with Crippen molar-refractivity contribution in [1.29, 1.82) is 0 Å². The van der Waals surface area contributed by atoms with Crippen molar-refractivity contribution >= 4 is 11.9 Å². The topological polar surface area (TPSA) is 68.0 Å². The lowest BCUT2D eigenvalue weighted by Crippen LogP contribution is -2.19. The molecule has 5 heteroatoms. The molecule has 1 unspecified atom stereocenters. The summed E-state index contributed by atoms with van der Waals surface area (Å²) in [7, 11) is 0. The van der Waals surface area contributed by atoms with Crippen LogP contribution in [0.15, 0.2) is 28.9 Å². The van der Waals surface area contributed by atoms with Crippen LogP contribution in [0.5, 0.6) is 0 Å².